The van der Waals surface area contributed by atoms with E-state index in [9.17, 15) is 19.5 Å². The maximum atomic E-state index is 14.4. The molecule has 0 bridgehead atoms. The summed E-state index contributed by atoms with van der Waals surface area (Å²) in [5.74, 6) is -1.42. The molecule has 1 aromatic rings. The number of likely N-dealkylation sites (tertiary alicyclic amines) is 1. The molecule has 1 spiro atoms. The van der Waals surface area contributed by atoms with Gasteiger partial charge >= 0.3 is 0 Å². The van der Waals surface area contributed by atoms with Crippen LogP contribution in [0.25, 0.3) is 0 Å². The van der Waals surface area contributed by atoms with Gasteiger partial charge < -0.3 is 19.8 Å². The van der Waals surface area contributed by atoms with Crippen molar-refractivity contribution in [3.63, 3.8) is 0 Å². The van der Waals surface area contributed by atoms with E-state index in [0.29, 0.717) is 44.0 Å². The Kier molecular flexibility index (Phi) is 7.68. The number of thioether (sulfide) groups is 1. The van der Waals surface area contributed by atoms with Crippen LogP contribution in [0.15, 0.2) is 48.6 Å². The van der Waals surface area contributed by atoms with Crippen LogP contribution in [0, 0.1) is 11.8 Å². The van der Waals surface area contributed by atoms with E-state index in [1.54, 1.807) is 33.7 Å². The molecule has 38 heavy (non-hydrogen) atoms. The van der Waals surface area contributed by atoms with Crippen molar-refractivity contribution in [2.45, 2.75) is 55.1 Å². The number of hydrogen-bond acceptors (Lipinski definition) is 5. The zero-order chi connectivity index (χ0) is 27.1. The Morgan fingerprint density at radius 1 is 0.947 bits per heavy atom. The van der Waals surface area contributed by atoms with Crippen molar-refractivity contribution in [3.05, 3.63) is 53.6 Å². The first-order valence-corrected chi connectivity index (χ1v) is 14.8. The first-order valence-electron chi connectivity index (χ1n) is 13.6. The minimum atomic E-state index is -0.846. The molecule has 5 rings (SSSR count). The van der Waals surface area contributed by atoms with E-state index in [0.717, 1.165) is 18.5 Å². The van der Waals surface area contributed by atoms with E-state index in [-0.39, 0.29) is 24.3 Å². The number of nitrogens with zero attached hydrogens (tertiary/aromatic N) is 3. The normalized spacial score (nSPS) is 32.4. The number of benzene rings is 1. The van der Waals surface area contributed by atoms with Crippen molar-refractivity contribution in [2.75, 3.05) is 37.7 Å². The lowest BCUT2D eigenvalue weighted by atomic mass is 9.74. The predicted octanol–water partition coefficient (Wildman–Crippen LogP) is 3.90. The monoisotopic (exact) mass is 557 g/mol. The van der Waals surface area contributed by atoms with Crippen molar-refractivity contribution < 1.29 is 19.5 Å². The standard InChI is InChI=1S/C29H36ClN3O4S/c1-3-15-31-16-7-13-28(2)22(25(31)35)23-26(36)33(17-5-4-6-19-34)24-27(37)32(18-8-14-29(23,24)38-28)21-11-9-20(30)10-12-21/h7-14,22-24,34H,3-6,15-19H2,1-2H3/t22-,23-,24?,28+,29-/m0/s1. The number of hydrogen-bond donors (Lipinski definition) is 1. The van der Waals surface area contributed by atoms with Gasteiger partial charge in [-0.25, -0.2) is 0 Å². The molecule has 4 heterocycles. The third-order valence-corrected chi connectivity index (χ3v) is 10.4. The van der Waals surface area contributed by atoms with E-state index < -0.39 is 27.4 Å². The second-order valence-electron chi connectivity index (χ2n) is 10.8. The topological polar surface area (TPSA) is 81.2 Å². The fraction of sp³-hybridized carbons (Fsp3) is 0.552. The van der Waals surface area contributed by atoms with Gasteiger partial charge in [0, 0.05) is 48.2 Å². The number of rotatable bonds is 8. The highest BCUT2D eigenvalue weighted by atomic mass is 35.5. The first kappa shape index (κ1) is 27.3. The van der Waals surface area contributed by atoms with Gasteiger partial charge in [0.2, 0.25) is 11.8 Å². The van der Waals surface area contributed by atoms with Crippen molar-refractivity contribution >= 4 is 46.8 Å². The SMILES string of the molecule is CCCN1CC=C[C@@]2(C)S[C@]34C=CCN(c5ccc(Cl)cc5)C(=O)C3N(CCCCCO)C(=O)[C@@H]4[C@H]2C1=O. The van der Waals surface area contributed by atoms with Crippen LogP contribution in [0.4, 0.5) is 5.69 Å². The van der Waals surface area contributed by atoms with E-state index in [1.165, 1.54) is 0 Å². The predicted molar refractivity (Wildman–Crippen MR) is 151 cm³/mol. The maximum absolute atomic E-state index is 14.4. The highest BCUT2D eigenvalue weighted by Gasteiger charge is 2.73. The van der Waals surface area contributed by atoms with Gasteiger partial charge in [0.1, 0.15) is 6.04 Å². The second-order valence-corrected chi connectivity index (χ2v) is 13.1. The van der Waals surface area contributed by atoms with E-state index >= 15 is 0 Å². The first-order chi connectivity index (χ1) is 18.3. The second kappa shape index (κ2) is 10.7. The molecule has 2 fully saturated rings. The molecule has 4 aliphatic heterocycles. The summed E-state index contributed by atoms with van der Waals surface area (Å²) < 4.78 is -1.44. The molecule has 5 atom stereocenters. The van der Waals surface area contributed by atoms with Crippen molar-refractivity contribution in [2.24, 2.45) is 11.8 Å². The van der Waals surface area contributed by atoms with Crippen molar-refractivity contribution in [1.82, 2.24) is 9.80 Å². The summed E-state index contributed by atoms with van der Waals surface area (Å²) in [6.07, 6.45) is 11.1. The van der Waals surface area contributed by atoms with Crippen LogP contribution in [0.1, 0.15) is 39.5 Å². The van der Waals surface area contributed by atoms with Crippen LogP contribution in [0.5, 0.6) is 0 Å². The average molecular weight is 558 g/mol. The average Bonchev–Trinajstić information content (AvgIpc) is 3.16. The molecule has 1 aromatic carbocycles. The van der Waals surface area contributed by atoms with E-state index in [1.807, 2.05) is 29.2 Å². The van der Waals surface area contributed by atoms with Gasteiger partial charge in [-0.05, 0) is 56.9 Å². The van der Waals surface area contributed by atoms with Gasteiger partial charge in [0.15, 0.2) is 0 Å². The van der Waals surface area contributed by atoms with Gasteiger partial charge in [0.25, 0.3) is 5.91 Å². The summed E-state index contributed by atoms with van der Waals surface area (Å²) >= 11 is 7.73. The fourth-order valence-electron chi connectivity index (χ4n) is 6.71. The zero-order valence-corrected chi connectivity index (χ0v) is 23.6. The summed E-state index contributed by atoms with van der Waals surface area (Å²) in [7, 11) is 0. The van der Waals surface area contributed by atoms with Crippen LogP contribution in [0.3, 0.4) is 0 Å². The molecule has 0 aromatic heterocycles. The zero-order valence-electron chi connectivity index (χ0n) is 22.0. The third kappa shape index (κ3) is 4.38. The minimum Gasteiger partial charge on any atom is -0.396 e. The Bertz CT molecular complexity index is 1160. The Balaban J connectivity index is 1.59. The number of amides is 3. The maximum Gasteiger partial charge on any atom is 0.251 e. The third-order valence-electron chi connectivity index (χ3n) is 8.33. The van der Waals surface area contributed by atoms with Gasteiger partial charge in [-0.3, -0.25) is 14.4 Å². The number of aliphatic hydroxyl groups excluding tert-OH is 1. The lowest BCUT2D eigenvalue weighted by Gasteiger charge is -2.37. The number of unbranched alkanes of at least 4 members (excludes halogenated alkanes) is 2. The molecule has 1 N–H and O–H groups in total. The molecule has 3 amide bonds. The van der Waals surface area contributed by atoms with Crippen LogP contribution in [-0.4, -0.2) is 80.9 Å². The van der Waals surface area contributed by atoms with E-state index in [2.05, 4.69) is 26.0 Å². The quantitative estimate of drug-likeness (QED) is 0.387. The number of fused-ring (bicyclic) bond motifs is 2. The summed E-state index contributed by atoms with van der Waals surface area (Å²) in [5.41, 5.74) is 0.728. The number of aliphatic hydroxyl groups is 1. The molecule has 0 saturated carbocycles. The Morgan fingerprint density at radius 2 is 1.68 bits per heavy atom. The molecular formula is C29H36ClN3O4S. The molecule has 9 heteroatoms. The Labute approximate surface area is 233 Å². The van der Waals surface area contributed by atoms with E-state index in [4.69, 9.17) is 11.6 Å². The summed E-state index contributed by atoms with van der Waals surface area (Å²) in [6.45, 7) is 6.18. The minimum absolute atomic E-state index is 0.00242. The van der Waals surface area contributed by atoms with Crippen LogP contribution in [0.2, 0.25) is 5.02 Å². The highest BCUT2D eigenvalue weighted by Crippen LogP contribution is 2.65. The van der Waals surface area contributed by atoms with Gasteiger partial charge in [-0.15, -0.1) is 11.8 Å². The Hall–Kier alpha value is -2.29. The number of carbonyl (C=O) groups excluding carboxylic acids is 3. The molecule has 1 unspecified atom stereocenters. The highest BCUT2D eigenvalue weighted by molar-refractivity contribution is 8.02. The molecule has 0 radical (unpaired) electrons. The Morgan fingerprint density at radius 3 is 2.39 bits per heavy atom. The number of halogens is 1. The molecule has 7 nitrogen and oxygen atoms in total. The van der Waals surface area contributed by atoms with Gasteiger partial charge in [-0.2, -0.15) is 0 Å². The molecule has 2 saturated heterocycles. The van der Waals surface area contributed by atoms with Gasteiger partial charge in [0.05, 0.1) is 16.6 Å². The summed E-state index contributed by atoms with van der Waals surface area (Å²) in [4.78, 5) is 48.1. The van der Waals surface area contributed by atoms with Crippen LogP contribution < -0.4 is 4.90 Å². The van der Waals surface area contributed by atoms with Crippen LogP contribution >= 0.6 is 23.4 Å². The summed E-state index contributed by atoms with van der Waals surface area (Å²) in [5, 5.41) is 9.85. The number of carbonyl (C=O) groups is 3. The lowest BCUT2D eigenvalue weighted by Crippen LogP contribution is -2.53. The number of anilines is 1. The lowest BCUT2D eigenvalue weighted by molar-refractivity contribution is -0.143. The van der Waals surface area contributed by atoms with Crippen molar-refractivity contribution in [3.8, 4) is 0 Å². The van der Waals surface area contributed by atoms with Gasteiger partial charge in [-0.1, -0.05) is 42.8 Å². The molecule has 4 aliphatic rings. The molecular weight excluding hydrogens is 522 g/mol. The summed E-state index contributed by atoms with van der Waals surface area (Å²) in [6, 6.07) is 6.46. The molecule has 0 aliphatic carbocycles. The largest absolute Gasteiger partial charge is 0.396 e. The molecule has 204 valence electrons. The van der Waals surface area contributed by atoms with Crippen LogP contribution in [-0.2, 0) is 14.4 Å². The smallest absolute Gasteiger partial charge is 0.251 e. The van der Waals surface area contributed by atoms with Crippen molar-refractivity contribution in [1.29, 1.82) is 0 Å². The fourth-order valence-corrected chi connectivity index (χ4v) is 8.99.